The molecule has 6 N–H and O–H groups in total. The first-order valence-electron chi connectivity index (χ1n) is 12.0. The third-order valence-corrected chi connectivity index (χ3v) is 7.94. The minimum Gasteiger partial charge on any atom is -0.506 e. The second-order valence-electron chi connectivity index (χ2n) is 9.21. The number of aromatic nitrogens is 2. The molecule has 2 aromatic carbocycles. The first-order valence-corrected chi connectivity index (χ1v) is 12.8. The second-order valence-corrected chi connectivity index (χ2v) is 10.2. The van der Waals surface area contributed by atoms with Crippen molar-refractivity contribution in [1.29, 1.82) is 0 Å². The predicted molar refractivity (Wildman–Crippen MR) is 147 cm³/mol. The van der Waals surface area contributed by atoms with Crippen molar-refractivity contribution in [3.05, 3.63) is 86.4 Å². The first kappa shape index (κ1) is 25.5. The van der Waals surface area contributed by atoms with Crippen LogP contribution in [-0.4, -0.2) is 48.8 Å². The maximum atomic E-state index is 13.8. The van der Waals surface area contributed by atoms with Crippen LogP contribution < -0.4 is 0 Å². The number of para-hydroxylation sites is 1. The largest absolute Gasteiger partial charge is 0.506 e. The lowest BCUT2D eigenvalue weighted by atomic mass is 9.97. The van der Waals surface area contributed by atoms with Gasteiger partial charge in [0.05, 0.1) is 18.8 Å². The maximum Gasteiger partial charge on any atom is 0.346 e. The van der Waals surface area contributed by atoms with Crippen LogP contribution in [0.3, 0.4) is 0 Å². The van der Waals surface area contributed by atoms with E-state index in [2.05, 4.69) is 9.97 Å². The number of aliphatic hydroxyl groups excluding tert-OH is 2. The second kappa shape index (κ2) is 9.94. The molecule has 0 aliphatic carbocycles. The van der Waals surface area contributed by atoms with E-state index in [1.807, 2.05) is 32.1 Å². The number of carboxylic acids is 1. The predicted octanol–water partition coefficient (Wildman–Crippen LogP) is 5.29. The Kier molecular flexibility index (Phi) is 6.66. The van der Waals surface area contributed by atoms with Crippen LogP contribution >= 0.6 is 11.3 Å². The number of carboxylic acid groups (broad SMARTS) is 1. The van der Waals surface area contributed by atoms with Gasteiger partial charge in [0, 0.05) is 44.8 Å². The van der Waals surface area contributed by atoms with Gasteiger partial charge in [-0.15, -0.1) is 11.3 Å². The van der Waals surface area contributed by atoms with E-state index >= 15 is 0 Å². The normalized spacial score (nSPS) is 12.1. The zero-order valence-corrected chi connectivity index (χ0v) is 21.6. The molecule has 194 valence electrons. The van der Waals surface area contributed by atoms with Crippen LogP contribution in [0.25, 0.3) is 32.9 Å². The Bertz CT molecular complexity index is 1750. The van der Waals surface area contributed by atoms with Crippen LogP contribution in [0.2, 0.25) is 0 Å². The standard InChI is InChI=1S/C29H26N2O6S/c1-14(12-32)7-9-16-10-8-15(2)21-18(11-30-24(16)21)25(34)28-26(35)23(27(38-28)29(36)37)22-17-5-3-4-6-19(17)31-20(22)13-33/h3-8,10-11,30-33,35H,9,12-13H2,1-2H3,(H,36,37)/b14-7+. The number of fused-ring (bicyclic) bond motifs is 2. The van der Waals surface area contributed by atoms with Crippen molar-refractivity contribution in [2.45, 2.75) is 26.9 Å². The fourth-order valence-electron chi connectivity index (χ4n) is 4.86. The highest BCUT2D eigenvalue weighted by Gasteiger charge is 2.31. The molecule has 38 heavy (non-hydrogen) atoms. The van der Waals surface area contributed by atoms with Crippen LogP contribution in [0.4, 0.5) is 0 Å². The minimum atomic E-state index is -1.28. The van der Waals surface area contributed by atoms with Crippen molar-refractivity contribution < 1.29 is 30.0 Å². The molecule has 0 aliphatic rings. The topological polar surface area (TPSA) is 147 Å². The van der Waals surface area contributed by atoms with E-state index in [1.54, 1.807) is 30.5 Å². The summed E-state index contributed by atoms with van der Waals surface area (Å²) in [5.41, 5.74) is 5.10. The molecule has 3 heterocycles. The summed E-state index contributed by atoms with van der Waals surface area (Å²) in [5, 5.41) is 42.0. The molecular weight excluding hydrogens is 504 g/mol. The van der Waals surface area contributed by atoms with Crippen molar-refractivity contribution in [3.63, 3.8) is 0 Å². The zero-order chi connectivity index (χ0) is 27.1. The summed E-state index contributed by atoms with van der Waals surface area (Å²) in [4.78, 5) is 32.1. The molecule has 5 rings (SSSR count). The van der Waals surface area contributed by atoms with Gasteiger partial charge in [0.2, 0.25) is 5.78 Å². The summed E-state index contributed by atoms with van der Waals surface area (Å²) in [6.07, 6.45) is 4.05. The van der Waals surface area contributed by atoms with Gasteiger partial charge in [-0.2, -0.15) is 0 Å². The summed E-state index contributed by atoms with van der Waals surface area (Å²) in [6, 6.07) is 11.0. The molecule has 0 saturated heterocycles. The number of ketones is 1. The molecule has 0 amide bonds. The molecule has 0 spiro atoms. The van der Waals surface area contributed by atoms with Crippen LogP contribution in [-0.2, 0) is 13.0 Å². The van der Waals surface area contributed by atoms with Crippen LogP contribution in [0.15, 0.2) is 54.2 Å². The number of hydrogen-bond donors (Lipinski definition) is 6. The lowest BCUT2D eigenvalue weighted by Crippen LogP contribution is -1.99. The van der Waals surface area contributed by atoms with E-state index < -0.39 is 24.1 Å². The number of rotatable bonds is 8. The number of hydrogen-bond acceptors (Lipinski definition) is 6. The highest BCUT2D eigenvalue weighted by molar-refractivity contribution is 7.17. The molecule has 0 unspecified atom stereocenters. The number of nitrogens with one attached hydrogen (secondary N) is 2. The van der Waals surface area contributed by atoms with Gasteiger partial charge in [-0.25, -0.2) is 4.79 Å². The third kappa shape index (κ3) is 4.10. The average Bonchev–Trinajstić information content (AvgIpc) is 3.61. The Hall–Kier alpha value is -4.18. The van der Waals surface area contributed by atoms with E-state index in [1.165, 1.54) is 0 Å². The first-order chi connectivity index (χ1) is 18.3. The Morgan fingerprint density at radius 2 is 1.82 bits per heavy atom. The highest BCUT2D eigenvalue weighted by Crippen LogP contribution is 2.47. The number of carbonyl (C=O) groups excluding carboxylic acids is 1. The van der Waals surface area contributed by atoms with E-state index in [9.17, 15) is 30.0 Å². The molecule has 0 saturated carbocycles. The molecule has 5 aromatic rings. The summed E-state index contributed by atoms with van der Waals surface area (Å²) < 4.78 is 0. The van der Waals surface area contributed by atoms with Crippen molar-refractivity contribution in [3.8, 4) is 16.9 Å². The Balaban J connectivity index is 1.68. The number of H-pyrrole nitrogens is 2. The van der Waals surface area contributed by atoms with E-state index in [0.29, 0.717) is 50.9 Å². The molecule has 8 nitrogen and oxygen atoms in total. The van der Waals surface area contributed by atoms with E-state index in [-0.39, 0.29) is 21.9 Å². The molecule has 0 atom stereocenters. The Labute approximate surface area is 221 Å². The van der Waals surface area contributed by atoms with Crippen LogP contribution in [0.5, 0.6) is 5.75 Å². The van der Waals surface area contributed by atoms with E-state index in [0.717, 1.165) is 22.2 Å². The van der Waals surface area contributed by atoms with Crippen molar-refractivity contribution in [1.82, 2.24) is 9.97 Å². The quantitative estimate of drug-likeness (QED) is 0.119. The van der Waals surface area contributed by atoms with Crippen molar-refractivity contribution in [2.24, 2.45) is 0 Å². The van der Waals surface area contributed by atoms with Gasteiger partial charge in [0.1, 0.15) is 15.5 Å². The van der Waals surface area contributed by atoms with Gasteiger partial charge < -0.3 is 30.4 Å². The number of aromatic carboxylic acids is 1. The number of thiophene rings is 1. The van der Waals surface area contributed by atoms with Crippen molar-refractivity contribution >= 4 is 44.9 Å². The van der Waals surface area contributed by atoms with Gasteiger partial charge in [0.15, 0.2) is 0 Å². The van der Waals surface area contributed by atoms with E-state index in [4.69, 9.17) is 0 Å². The van der Waals surface area contributed by atoms with Crippen molar-refractivity contribution in [2.75, 3.05) is 6.61 Å². The molecule has 0 aliphatic heterocycles. The number of aryl methyl sites for hydroxylation is 1. The molecule has 0 radical (unpaired) electrons. The number of carbonyl (C=O) groups is 2. The molecular formula is C29H26N2O6S. The third-order valence-electron chi connectivity index (χ3n) is 6.77. The van der Waals surface area contributed by atoms with Gasteiger partial charge in [-0.1, -0.05) is 42.0 Å². The zero-order valence-electron chi connectivity index (χ0n) is 20.8. The van der Waals surface area contributed by atoms with Gasteiger partial charge in [0.25, 0.3) is 0 Å². The van der Waals surface area contributed by atoms with Gasteiger partial charge in [-0.3, -0.25) is 4.79 Å². The monoisotopic (exact) mass is 530 g/mol. The summed E-state index contributed by atoms with van der Waals surface area (Å²) >= 11 is 0.717. The van der Waals surface area contributed by atoms with Gasteiger partial charge in [-0.05, 0) is 37.5 Å². The molecule has 0 bridgehead atoms. The summed E-state index contributed by atoms with van der Waals surface area (Å²) in [7, 11) is 0. The van der Waals surface area contributed by atoms with Crippen LogP contribution in [0, 0.1) is 6.92 Å². The Morgan fingerprint density at radius 1 is 1.05 bits per heavy atom. The minimum absolute atomic E-state index is 0.00854. The lowest BCUT2D eigenvalue weighted by Gasteiger charge is -2.06. The number of benzene rings is 2. The summed E-state index contributed by atoms with van der Waals surface area (Å²) in [5.74, 6) is -2.21. The number of aliphatic hydroxyl groups is 2. The highest BCUT2D eigenvalue weighted by atomic mass is 32.1. The SMILES string of the molecule is C/C(=C\Cc1ccc(C)c2c(C(=O)c3sc(C(=O)O)c(-c4c(CO)[nH]c5ccccc45)c3O)c[nH]c12)CO. The number of allylic oxidation sites excluding steroid dienone is 1. The lowest BCUT2D eigenvalue weighted by molar-refractivity contribution is 0.0702. The number of aromatic hydroxyl groups is 1. The maximum absolute atomic E-state index is 13.8. The fourth-order valence-corrected chi connectivity index (χ4v) is 5.85. The summed E-state index contributed by atoms with van der Waals surface area (Å²) in [6.45, 7) is 3.27. The number of aromatic amines is 2. The fraction of sp³-hybridized carbons (Fsp3) is 0.172. The molecule has 0 fully saturated rings. The Morgan fingerprint density at radius 3 is 2.53 bits per heavy atom. The van der Waals surface area contributed by atoms with Gasteiger partial charge >= 0.3 is 5.97 Å². The molecule has 3 aromatic heterocycles. The average molecular weight is 531 g/mol. The molecule has 9 heteroatoms. The smallest absolute Gasteiger partial charge is 0.346 e. The van der Waals surface area contributed by atoms with Crippen LogP contribution in [0.1, 0.15) is 48.7 Å².